The van der Waals surface area contributed by atoms with E-state index in [0.29, 0.717) is 11.8 Å². The third-order valence-corrected chi connectivity index (χ3v) is 3.68. The van der Waals surface area contributed by atoms with Crippen LogP contribution in [0.3, 0.4) is 0 Å². The highest BCUT2D eigenvalue weighted by molar-refractivity contribution is 5.47. The predicted octanol–water partition coefficient (Wildman–Crippen LogP) is 4.20. The van der Waals surface area contributed by atoms with Crippen LogP contribution in [0.25, 0.3) is 0 Å². The minimum atomic E-state index is 0.431. The second-order valence-corrected chi connectivity index (χ2v) is 5.20. The summed E-state index contributed by atoms with van der Waals surface area (Å²) in [6, 6.07) is 8.73. The summed E-state index contributed by atoms with van der Waals surface area (Å²) in [5, 5.41) is 9.35. The topological polar surface area (TPSA) is 23.8 Å². The van der Waals surface area contributed by atoms with E-state index in [1.54, 1.807) is 0 Å². The molecule has 1 aliphatic carbocycles. The first-order valence-electron chi connectivity index (χ1n) is 6.18. The van der Waals surface area contributed by atoms with Gasteiger partial charge in [-0.25, -0.2) is 0 Å². The zero-order chi connectivity index (χ0) is 11.7. The van der Waals surface area contributed by atoms with Crippen molar-refractivity contribution in [2.75, 3.05) is 0 Å². The number of benzene rings is 1. The molecule has 1 saturated carbocycles. The van der Waals surface area contributed by atoms with E-state index >= 15 is 0 Å². The van der Waals surface area contributed by atoms with Crippen molar-refractivity contribution in [2.24, 2.45) is 5.92 Å². The monoisotopic (exact) mass is 213 g/mol. The summed E-state index contributed by atoms with van der Waals surface area (Å²) >= 11 is 0. The second-order valence-electron chi connectivity index (χ2n) is 5.20. The Hall–Kier alpha value is -1.29. The Morgan fingerprint density at radius 1 is 1.19 bits per heavy atom. The molecule has 84 valence electrons. The van der Waals surface area contributed by atoms with E-state index in [0.717, 1.165) is 11.5 Å². The molecule has 1 aromatic rings. The SMILES string of the molecule is CC(C)c1cccc(C(C)C2CC2)c1C#N. The maximum atomic E-state index is 9.35. The van der Waals surface area contributed by atoms with Gasteiger partial charge in [-0.1, -0.05) is 39.0 Å². The number of nitrogens with zero attached hydrogens (tertiary/aromatic N) is 1. The highest BCUT2D eigenvalue weighted by Gasteiger charge is 2.30. The van der Waals surface area contributed by atoms with E-state index < -0.39 is 0 Å². The van der Waals surface area contributed by atoms with Crippen LogP contribution in [0.4, 0.5) is 0 Å². The van der Waals surface area contributed by atoms with Crippen LogP contribution in [0.15, 0.2) is 18.2 Å². The molecule has 0 aromatic heterocycles. The van der Waals surface area contributed by atoms with Crippen molar-refractivity contribution < 1.29 is 0 Å². The fourth-order valence-corrected chi connectivity index (χ4v) is 2.43. The van der Waals surface area contributed by atoms with E-state index in [1.807, 2.05) is 0 Å². The van der Waals surface area contributed by atoms with Crippen LogP contribution in [0, 0.1) is 17.2 Å². The Kier molecular flexibility index (Phi) is 3.01. The molecule has 0 bridgehead atoms. The summed E-state index contributed by atoms with van der Waals surface area (Å²) in [4.78, 5) is 0. The molecule has 1 heteroatoms. The Morgan fingerprint density at radius 3 is 2.31 bits per heavy atom. The Morgan fingerprint density at radius 2 is 1.81 bits per heavy atom. The minimum Gasteiger partial charge on any atom is -0.192 e. The first kappa shape index (κ1) is 11.2. The average Bonchev–Trinajstić information content (AvgIpc) is 3.10. The van der Waals surface area contributed by atoms with Gasteiger partial charge in [0.05, 0.1) is 11.6 Å². The number of rotatable bonds is 3. The molecular weight excluding hydrogens is 194 g/mol. The van der Waals surface area contributed by atoms with Crippen LogP contribution in [0.2, 0.25) is 0 Å². The van der Waals surface area contributed by atoms with Crippen molar-refractivity contribution >= 4 is 0 Å². The first-order valence-corrected chi connectivity index (χ1v) is 6.18. The van der Waals surface area contributed by atoms with Gasteiger partial charge in [0, 0.05) is 0 Å². The lowest BCUT2D eigenvalue weighted by atomic mass is 9.87. The van der Waals surface area contributed by atoms with Gasteiger partial charge in [0.1, 0.15) is 0 Å². The second kappa shape index (κ2) is 4.29. The molecule has 0 heterocycles. The summed E-state index contributed by atoms with van der Waals surface area (Å²) in [5.41, 5.74) is 3.39. The summed E-state index contributed by atoms with van der Waals surface area (Å²) in [7, 11) is 0. The van der Waals surface area contributed by atoms with Gasteiger partial charge >= 0.3 is 0 Å². The fraction of sp³-hybridized carbons (Fsp3) is 0.533. The van der Waals surface area contributed by atoms with Crippen molar-refractivity contribution in [3.63, 3.8) is 0 Å². The number of hydrogen-bond acceptors (Lipinski definition) is 1. The molecule has 1 atom stereocenters. The third kappa shape index (κ3) is 1.97. The Bertz CT molecular complexity index is 422. The van der Waals surface area contributed by atoms with Gasteiger partial charge < -0.3 is 0 Å². The lowest BCUT2D eigenvalue weighted by molar-refractivity contribution is 0.659. The molecule has 1 unspecified atom stereocenters. The maximum absolute atomic E-state index is 9.35. The average molecular weight is 213 g/mol. The molecule has 16 heavy (non-hydrogen) atoms. The van der Waals surface area contributed by atoms with Crippen LogP contribution in [-0.2, 0) is 0 Å². The van der Waals surface area contributed by atoms with Crippen LogP contribution in [0.1, 0.15) is 62.1 Å². The van der Waals surface area contributed by atoms with Gasteiger partial charge in [-0.05, 0) is 41.7 Å². The molecule has 1 fully saturated rings. The molecule has 0 aliphatic heterocycles. The van der Waals surface area contributed by atoms with E-state index in [2.05, 4.69) is 45.0 Å². The highest BCUT2D eigenvalue weighted by Crippen LogP contribution is 2.43. The predicted molar refractivity (Wildman–Crippen MR) is 66.4 cm³/mol. The summed E-state index contributed by atoms with van der Waals surface area (Å²) in [5.74, 6) is 1.80. The molecule has 2 rings (SSSR count). The van der Waals surface area contributed by atoms with E-state index in [9.17, 15) is 5.26 Å². The summed E-state index contributed by atoms with van der Waals surface area (Å²) < 4.78 is 0. The van der Waals surface area contributed by atoms with Gasteiger partial charge in [-0.2, -0.15) is 5.26 Å². The van der Waals surface area contributed by atoms with Crippen molar-refractivity contribution in [1.29, 1.82) is 5.26 Å². The smallest absolute Gasteiger partial charge is 0.0997 e. The Labute approximate surface area is 98.1 Å². The molecular formula is C15H19N. The van der Waals surface area contributed by atoms with E-state index in [1.165, 1.54) is 24.0 Å². The quantitative estimate of drug-likeness (QED) is 0.738. The standard InChI is InChI=1S/C15H19N/c1-10(2)13-5-4-6-14(15(13)9-16)11(3)12-7-8-12/h4-6,10-12H,7-8H2,1-3H3. The van der Waals surface area contributed by atoms with Crippen LogP contribution >= 0.6 is 0 Å². The Balaban J connectivity index is 2.44. The zero-order valence-electron chi connectivity index (χ0n) is 10.3. The van der Waals surface area contributed by atoms with Crippen molar-refractivity contribution in [2.45, 2.75) is 45.4 Å². The lowest BCUT2D eigenvalue weighted by Crippen LogP contribution is -2.03. The first-order chi connectivity index (χ1) is 7.65. The molecule has 0 spiro atoms. The normalized spacial score (nSPS) is 17.2. The van der Waals surface area contributed by atoms with Gasteiger partial charge in [-0.3, -0.25) is 0 Å². The van der Waals surface area contributed by atoms with Gasteiger partial charge in [0.25, 0.3) is 0 Å². The molecule has 1 nitrogen and oxygen atoms in total. The highest BCUT2D eigenvalue weighted by atomic mass is 14.4. The molecule has 0 saturated heterocycles. The largest absolute Gasteiger partial charge is 0.192 e. The number of hydrogen-bond donors (Lipinski definition) is 0. The summed E-state index contributed by atoms with van der Waals surface area (Å²) in [6.45, 7) is 6.57. The fourth-order valence-electron chi connectivity index (χ4n) is 2.43. The lowest BCUT2D eigenvalue weighted by Gasteiger charge is -2.16. The van der Waals surface area contributed by atoms with E-state index in [-0.39, 0.29) is 0 Å². The van der Waals surface area contributed by atoms with Crippen molar-refractivity contribution in [3.05, 3.63) is 34.9 Å². The van der Waals surface area contributed by atoms with E-state index in [4.69, 9.17) is 0 Å². The van der Waals surface area contributed by atoms with Crippen LogP contribution in [-0.4, -0.2) is 0 Å². The van der Waals surface area contributed by atoms with Crippen molar-refractivity contribution in [3.8, 4) is 6.07 Å². The van der Waals surface area contributed by atoms with Gasteiger partial charge in [0.2, 0.25) is 0 Å². The minimum absolute atomic E-state index is 0.431. The summed E-state index contributed by atoms with van der Waals surface area (Å²) in [6.07, 6.45) is 2.66. The molecule has 0 N–H and O–H groups in total. The van der Waals surface area contributed by atoms with Gasteiger partial charge in [-0.15, -0.1) is 0 Å². The molecule has 1 aliphatic rings. The van der Waals surface area contributed by atoms with Crippen LogP contribution in [0.5, 0.6) is 0 Å². The zero-order valence-corrected chi connectivity index (χ0v) is 10.3. The number of nitriles is 1. The van der Waals surface area contributed by atoms with Crippen LogP contribution < -0.4 is 0 Å². The maximum Gasteiger partial charge on any atom is 0.0997 e. The molecule has 0 radical (unpaired) electrons. The van der Waals surface area contributed by atoms with Gasteiger partial charge in [0.15, 0.2) is 0 Å². The molecule has 0 amide bonds. The van der Waals surface area contributed by atoms with Crippen molar-refractivity contribution in [1.82, 2.24) is 0 Å². The molecule has 1 aromatic carbocycles. The third-order valence-electron chi connectivity index (χ3n) is 3.68.